The average molecular weight is 178 g/mol. The van der Waals surface area contributed by atoms with Gasteiger partial charge in [-0.15, -0.1) is 0 Å². The van der Waals surface area contributed by atoms with Crippen LogP contribution in [0, 0.1) is 11.8 Å². The van der Waals surface area contributed by atoms with Gasteiger partial charge in [0, 0.05) is 18.4 Å². The van der Waals surface area contributed by atoms with Crippen LogP contribution in [-0.4, -0.2) is 12.6 Å². The molecule has 1 aliphatic heterocycles. The molecule has 13 heavy (non-hydrogen) atoms. The molecule has 0 unspecified atom stereocenters. The molecule has 70 valence electrons. The molecule has 1 rings (SSSR count). The molecule has 0 aromatic carbocycles. The van der Waals surface area contributed by atoms with Crippen LogP contribution in [0.2, 0.25) is 0 Å². The highest BCUT2D eigenvalue weighted by molar-refractivity contribution is 5.90. The van der Waals surface area contributed by atoms with Crippen molar-refractivity contribution in [1.29, 1.82) is 0 Å². The van der Waals surface area contributed by atoms with Gasteiger partial charge in [-0.05, 0) is 12.5 Å². The Balaban J connectivity index is 2.36. The molecule has 2 nitrogen and oxygen atoms in total. The molecular formula is C11H14O2. The summed E-state index contributed by atoms with van der Waals surface area (Å²) in [6.07, 6.45) is 5.59. The molecule has 0 aromatic heterocycles. The van der Waals surface area contributed by atoms with Gasteiger partial charge in [-0.2, -0.15) is 0 Å². The van der Waals surface area contributed by atoms with Gasteiger partial charge in [-0.25, -0.2) is 4.79 Å². The standard InChI is InChI=1S/C11H14O2/c1-2-3-4-5-6-7-10-8-9-13-11(10)12/h7H,2-4,8-9H2,1H3. The summed E-state index contributed by atoms with van der Waals surface area (Å²) in [6, 6.07) is 0. The van der Waals surface area contributed by atoms with Crippen LogP contribution in [0.15, 0.2) is 11.6 Å². The summed E-state index contributed by atoms with van der Waals surface area (Å²) in [5.41, 5.74) is 0.712. The van der Waals surface area contributed by atoms with Gasteiger partial charge in [-0.3, -0.25) is 0 Å². The normalized spacial score (nSPS) is 18.2. The van der Waals surface area contributed by atoms with E-state index >= 15 is 0 Å². The van der Waals surface area contributed by atoms with Gasteiger partial charge < -0.3 is 4.74 Å². The Labute approximate surface area is 79.0 Å². The second-order valence-corrected chi connectivity index (χ2v) is 2.98. The SMILES string of the molecule is CCCCC#CC=C1CCOC1=O. The molecule has 0 bridgehead atoms. The summed E-state index contributed by atoms with van der Waals surface area (Å²) in [6.45, 7) is 2.65. The molecule has 1 saturated heterocycles. The molecule has 1 aliphatic rings. The minimum Gasteiger partial charge on any atom is -0.462 e. The van der Waals surface area contributed by atoms with Crippen molar-refractivity contribution in [2.24, 2.45) is 0 Å². The Hall–Kier alpha value is -1.23. The number of ether oxygens (including phenoxy) is 1. The first-order valence-corrected chi connectivity index (χ1v) is 4.69. The third-order valence-electron chi connectivity index (χ3n) is 1.87. The summed E-state index contributed by atoms with van der Waals surface area (Å²) in [5.74, 6) is 5.68. The predicted octanol–water partition coefficient (Wildman–Crippen LogP) is 2.05. The first kappa shape index (κ1) is 9.85. The molecule has 2 heteroatoms. The smallest absolute Gasteiger partial charge is 0.334 e. The highest BCUT2D eigenvalue weighted by Crippen LogP contribution is 2.11. The zero-order valence-electron chi connectivity index (χ0n) is 7.93. The lowest BCUT2D eigenvalue weighted by Gasteiger charge is -1.85. The molecule has 0 aliphatic carbocycles. The molecule has 0 atom stereocenters. The third-order valence-corrected chi connectivity index (χ3v) is 1.87. The summed E-state index contributed by atoms with van der Waals surface area (Å²) >= 11 is 0. The van der Waals surface area contributed by atoms with Crippen molar-refractivity contribution in [2.75, 3.05) is 6.61 Å². The van der Waals surface area contributed by atoms with E-state index in [1.54, 1.807) is 6.08 Å². The molecule has 0 radical (unpaired) electrons. The number of unbranched alkanes of at least 4 members (excludes halogenated alkanes) is 2. The number of hydrogen-bond acceptors (Lipinski definition) is 2. The maximum Gasteiger partial charge on any atom is 0.334 e. The molecular weight excluding hydrogens is 164 g/mol. The van der Waals surface area contributed by atoms with E-state index in [1.807, 2.05) is 0 Å². The Kier molecular flexibility index (Phi) is 4.11. The maximum atomic E-state index is 10.9. The summed E-state index contributed by atoms with van der Waals surface area (Å²) < 4.78 is 4.77. The Morgan fingerprint density at radius 1 is 1.62 bits per heavy atom. The quantitative estimate of drug-likeness (QED) is 0.280. The van der Waals surface area contributed by atoms with Gasteiger partial charge >= 0.3 is 5.97 Å². The van der Waals surface area contributed by atoms with Crippen molar-refractivity contribution in [2.45, 2.75) is 32.6 Å². The Bertz CT molecular complexity index is 266. The summed E-state index contributed by atoms with van der Waals surface area (Å²) in [7, 11) is 0. The molecule has 0 amide bonds. The van der Waals surface area contributed by atoms with E-state index in [-0.39, 0.29) is 5.97 Å². The van der Waals surface area contributed by atoms with Crippen LogP contribution in [0.4, 0.5) is 0 Å². The van der Waals surface area contributed by atoms with Crippen molar-refractivity contribution in [3.63, 3.8) is 0 Å². The van der Waals surface area contributed by atoms with Crippen LogP contribution in [0.1, 0.15) is 32.6 Å². The van der Waals surface area contributed by atoms with Crippen molar-refractivity contribution in [1.82, 2.24) is 0 Å². The monoisotopic (exact) mass is 178 g/mol. The fraction of sp³-hybridized carbons (Fsp3) is 0.545. The van der Waals surface area contributed by atoms with Gasteiger partial charge in [0.05, 0.1) is 6.61 Å². The second kappa shape index (κ2) is 5.42. The maximum absolute atomic E-state index is 10.9. The van der Waals surface area contributed by atoms with Gasteiger partial charge in [0.15, 0.2) is 0 Å². The van der Waals surface area contributed by atoms with E-state index in [4.69, 9.17) is 4.74 Å². The highest BCUT2D eigenvalue weighted by atomic mass is 16.5. The van der Waals surface area contributed by atoms with E-state index in [1.165, 1.54) is 0 Å². The van der Waals surface area contributed by atoms with Crippen molar-refractivity contribution < 1.29 is 9.53 Å². The lowest BCUT2D eigenvalue weighted by molar-refractivity contribution is -0.135. The average Bonchev–Trinajstić information content (AvgIpc) is 2.52. The van der Waals surface area contributed by atoms with Gasteiger partial charge in [0.2, 0.25) is 0 Å². The number of esters is 1. The van der Waals surface area contributed by atoms with E-state index in [2.05, 4.69) is 18.8 Å². The van der Waals surface area contributed by atoms with Crippen molar-refractivity contribution in [3.8, 4) is 11.8 Å². The first-order valence-electron chi connectivity index (χ1n) is 4.69. The minimum absolute atomic E-state index is 0.204. The highest BCUT2D eigenvalue weighted by Gasteiger charge is 2.17. The topological polar surface area (TPSA) is 26.3 Å². The summed E-state index contributed by atoms with van der Waals surface area (Å²) in [5, 5.41) is 0. The number of allylic oxidation sites excluding steroid dienone is 1. The third kappa shape index (κ3) is 3.33. The Morgan fingerprint density at radius 2 is 2.46 bits per heavy atom. The molecule has 1 fully saturated rings. The van der Waals surface area contributed by atoms with Crippen LogP contribution in [-0.2, 0) is 9.53 Å². The van der Waals surface area contributed by atoms with Gasteiger partial charge in [0.1, 0.15) is 0 Å². The van der Waals surface area contributed by atoms with Crippen LogP contribution in [0.25, 0.3) is 0 Å². The summed E-state index contributed by atoms with van der Waals surface area (Å²) in [4.78, 5) is 10.9. The number of carbonyl (C=O) groups is 1. The van der Waals surface area contributed by atoms with Crippen LogP contribution >= 0.6 is 0 Å². The largest absolute Gasteiger partial charge is 0.462 e. The molecule has 0 aromatic rings. The second-order valence-electron chi connectivity index (χ2n) is 2.98. The zero-order valence-corrected chi connectivity index (χ0v) is 7.93. The van der Waals surface area contributed by atoms with E-state index in [0.717, 1.165) is 19.3 Å². The van der Waals surface area contributed by atoms with E-state index < -0.39 is 0 Å². The van der Waals surface area contributed by atoms with E-state index in [0.29, 0.717) is 18.6 Å². The number of carbonyl (C=O) groups excluding carboxylic acids is 1. The molecule has 1 heterocycles. The first-order chi connectivity index (χ1) is 6.34. The molecule has 0 spiro atoms. The molecule has 0 saturated carbocycles. The zero-order chi connectivity index (χ0) is 9.52. The fourth-order valence-electron chi connectivity index (χ4n) is 1.06. The Morgan fingerprint density at radius 3 is 3.08 bits per heavy atom. The number of rotatable bonds is 2. The van der Waals surface area contributed by atoms with Crippen molar-refractivity contribution >= 4 is 5.97 Å². The minimum atomic E-state index is -0.204. The van der Waals surface area contributed by atoms with Crippen LogP contribution in [0.5, 0.6) is 0 Å². The number of hydrogen-bond donors (Lipinski definition) is 0. The lowest BCUT2D eigenvalue weighted by Crippen LogP contribution is -1.93. The van der Waals surface area contributed by atoms with E-state index in [9.17, 15) is 4.79 Å². The van der Waals surface area contributed by atoms with Crippen LogP contribution in [0.3, 0.4) is 0 Å². The van der Waals surface area contributed by atoms with Gasteiger partial charge in [-0.1, -0.05) is 25.2 Å². The van der Waals surface area contributed by atoms with Gasteiger partial charge in [0.25, 0.3) is 0 Å². The fourth-order valence-corrected chi connectivity index (χ4v) is 1.06. The lowest BCUT2D eigenvalue weighted by atomic mass is 10.2. The van der Waals surface area contributed by atoms with Crippen LogP contribution < -0.4 is 0 Å². The van der Waals surface area contributed by atoms with Crippen molar-refractivity contribution in [3.05, 3.63) is 11.6 Å². The molecule has 0 N–H and O–H groups in total. The number of cyclic esters (lactones) is 1. The predicted molar refractivity (Wildman–Crippen MR) is 51.0 cm³/mol.